The molecule has 0 aliphatic heterocycles. The second kappa shape index (κ2) is 7.52. The predicted molar refractivity (Wildman–Crippen MR) is 115 cm³/mol. The first kappa shape index (κ1) is 17.7. The molecule has 2 aromatic heterocycles. The number of aryl methyl sites for hydroxylation is 1. The van der Waals surface area contributed by atoms with Crippen molar-refractivity contribution in [1.82, 2.24) is 15.0 Å². The SMILES string of the molecule is Cc1ccc2cccc(Nc3ncnc(NC(C)c4ccccc4)c3N)c2n1. The summed E-state index contributed by atoms with van der Waals surface area (Å²) in [5.41, 5.74) is 10.7. The van der Waals surface area contributed by atoms with Gasteiger partial charge in [-0.05, 0) is 31.5 Å². The van der Waals surface area contributed by atoms with Gasteiger partial charge in [0.15, 0.2) is 11.6 Å². The second-order valence-electron chi connectivity index (χ2n) is 6.72. The summed E-state index contributed by atoms with van der Waals surface area (Å²) >= 11 is 0. The molecule has 1 atom stereocenters. The van der Waals surface area contributed by atoms with E-state index >= 15 is 0 Å². The number of aromatic nitrogens is 3. The van der Waals surface area contributed by atoms with Gasteiger partial charge < -0.3 is 16.4 Å². The molecule has 140 valence electrons. The molecule has 6 heteroatoms. The number of nitrogens with two attached hydrogens (primary N) is 1. The molecule has 0 spiro atoms. The minimum absolute atomic E-state index is 0.0631. The van der Waals surface area contributed by atoms with Crippen molar-refractivity contribution in [3.05, 3.63) is 78.2 Å². The number of nitrogen functional groups attached to an aromatic ring is 1. The van der Waals surface area contributed by atoms with Crippen LogP contribution < -0.4 is 16.4 Å². The molecule has 1 unspecified atom stereocenters. The Hall–Kier alpha value is -3.67. The largest absolute Gasteiger partial charge is 0.393 e. The summed E-state index contributed by atoms with van der Waals surface area (Å²) < 4.78 is 0. The number of hydrogen-bond acceptors (Lipinski definition) is 6. The third-order valence-electron chi connectivity index (χ3n) is 4.65. The Labute approximate surface area is 163 Å². The van der Waals surface area contributed by atoms with Crippen LogP contribution in [0.2, 0.25) is 0 Å². The minimum atomic E-state index is 0.0631. The molecular formula is C22H22N6. The average molecular weight is 370 g/mol. The highest BCUT2D eigenvalue weighted by molar-refractivity contribution is 5.93. The molecule has 0 amide bonds. The minimum Gasteiger partial charge on any atom is -0.393 e. The summed E-state index contributed by atoms with van der Waals surface area (Å²) in [6.45, 7) is 4.05. The van der Waals surface area contributed by atoms with Crippen LogP contribution >= 0.6 is 0 Å². The van der Waals surface area contributed by atoms with Gasteiger partial charge in [-0.25, -0.2) is 9.97 Å². The normalized spacial score (nSPS) is 11.9. The third-order valence-corrected chi connectivity index (χ3v) is 4.65. The first-order chi connectivity index (χ1) is 13.6. The Morgan fingerprint density at radius 1 is 0.893 bits per heavy atom. The molecule has 0 bridgehead atoms. The number of anilines is 4. The van der Waals surface area contributed by atoms with Crippen molar-refractivity contribution < 1.29 is 0 Å². The average Bonchev–Trinajstić information content (AvgIpc) is 2.72. The van der Waals surface area contributed by atoms with E-state index in [-0.39, 0.29) is 6.04 Å². The lowest BCUT2D eigenvalue weighted by molar-refractivity contribution is 0.873. The lowest BCUT2D eigenvalue weighted by Gasteiger charge is -2.18. The fourth-order valence-electron chi connectivity index (χ4n) is 3.11. The van der Waals surface area contributed by atoms with E-state index in [1.165, 1.54) is 6.33 Å². The maximum atomic E-state index is 6.36. The Balaban J connectivity index is 1.64. The molecule has 28 heavy (non-hydrogen) atoms. The topological polar surface area (TPSA) is 88.8 Å². The van der Waals surface area contributed by atoms with Crippen molar-refractivity contribution in [2.75, 3.05) is 16.4 Å². The van der Waals surface area contributed by atoms with Crippen LogP contribution in [-0.4, -0.2) is 15.0 Å². The molecule has 0 saturated heterocycles. The number of pyridine rings is 1. The van der Waals surface area contributed by atoms with Gasteiger partial charge in [0.2, 0.25) is 0 Å². The number of nitrogens with zero attached hydrogens (tertiary/aromatic N) is 3. The molecule has 0 aliphatic carbocycles. The van der Waals surface area contributed by atoms with Crippen LogP contribution in [0.15, 0.2) is 67.0 Å². The van der Waals surface area contributed by atoms with Crippen molar-refractivity contribution in [2.45, 2.75) is 19.9 Å². The first-order valence-electron chi connectivity index (χ1n) is 9.17. The number of hydrogen-bond donors (Lipinski definition) is 3. The molecular weight excluding hydrogens is 348 g/mol. The standard InChI is InChI=1S/C22H22N6/c1-14-11-12-17-9-6-10-18(20(17)26-14)28-22-19(23)21(24-13-25-22)27-15(2)16-7-4-3-5-8-16/h3-13,15H,23H2,1-2H3,(H2,24,25,27,28). The zero-order chi connectivity index (χ0) is 19.5. The van der Waals surface area contributed by atoms with E-state index in [0.29, 0.717) is 17.3 Å². The van der Waals surface area contributed by atoms with Gasteiger partial charge in [-0.3, -0.25) is 4.98 Å². The van der Waals surface area contributed by atoms with E-state index in [4.69, 9.17) is 5.73 Å². The maximum Gasteiger partial charge on any atom is 0.159 e. The van der Waals surface area contributed by atoms with Crippen molar-refractivity contribution in [1.29, 1.82) is 0 Å². The van der Waals surface area contributed by atoms with Crippen molar-refractivity contribution in [3.8, 4) is 0 Å². The van der Waals surface area contributed by atoms with Gasteiger partial charge in [-0.1, -0.05) is 48.5 Å². The molecule has 0 radical (unpaired) electrons. The fraction of sp³-hybridized carbons (Fsp3) is 0.136. The third kappa shape index (κ3) is 3.57. The first-order valence-corrected chi connectivity index (χ1v) is 9.17. The fourth-order valence-corrected chi connectivity index (χ4v) is 3.11. The molecule has 6 nitrogen and oxygen atoms in total. The molecule has 2 heterocycles. The van der Waals surface area contributed by atoms with E-state index in [1.807, 2.05) is 49.4 Å². The second-order valence-corrected chi connectivity index (χ2v) is 6.72. The molecule has 0 aliphatic rings. The summed E-state index contributed by atoms with van der Waals surface area (Å²) in [4.78, 5) is 13.3. The predicted octanol–water partition coefficient (Wildman–Crippen LogP) is 4.83. The molecule has 2 aromatic carbocycles. The van der Waals surface area contributed by atoms with Gasteiger partial charge in [-0.2, -0.15) is 0 Å². The number of fused-ring (bicyclic) bond motifs is 1. The summed E-state index contributed by atoms with van der Waals surface area (Å²) in [5, 5.41) is 7.74. The van der Waals surface area contributed by atoms with Crippen LogP contribution in [0.1, 0.15) is 24.2 Å². The van der Waals surface area contributed by atoms with Crippen molar-refractivity contribution in [3.63, 3.8) is 0 Å². The van der Waals surface area contributed by atoms with Crippen LogP contribution in [-0.2, 0) is 0 Å². The quantitative estimate of drug-likeness (QED) is 0.466. The molecule has 4 rings (SSSR count). The van der Waals surface area contributed by atoms with Gasteiger partial charge in [0.25, 0.3) is 0 Å². The zero-order valence-corrected chi connectivity index (χ0v) is 15.8. The molecule has 0 fully saturated rings. The maximum absolute atomic E-state index is 6.36. The number of benzene rings is 2. The van der Waals surface area contributed by atoms with Gasteiger partial charge in [0.1, 0.15) is 12.0 Å². The van der Waals surface area contributed by atoms with Crippen molar-refractivity contribution in [2.24, 2.45) is 0 Å². The van der Waals surface area contributed by atoms with E-state index in [1.54, 1.807) is 0 Å². The number of para-hydroxylation sites is 1. The van der Waals surface area contributed by atoms with E-state index in [0.717, 1.165) is 27.8 Å². The van der Waals surface area contributed by atoms with Crippen LogP contribution in [0, 0.1) is 6.92 Å². The van der Waals surface area contributed by atoms with Crippen LogP contribution in [0.3, 0.4) is 0 Å². The molecule has 4 aromatic rings. The highest BCUT2D eigenvalue weighted by Gasteiger charge is 2.13. The number of nitrogens with one attached hydrogen (secondary N) is 2. The highest BCUT2D eigenvalue weighted by Crippen LogP contribution is 2.31. The summed E-state index contributed by atoms with van der Waals surface area (Å²) in [6.07, 6.45) is 1.50. The number of rotatable bonds is 5. The lowest BCUT2D eigenvalue weighted by atomic mass is 10.1. The van der Waals surface area contributed by atoms with E-state index in [2.05, 4.69) is 50.7 Å². The van der Waals surface area contributed by atoms with Crippen LogP contribution in [0.5, 0.6) is 0 Å². The van der Waals surface area contributed by atoms with Crippen molar-refractivity contribution >= 4 is 33.9 Å². The van der Waals surface area contributed by atoms with Crippen LogP contribution in [0.25, 0.3) is 10.9 Å². The Kier molecular flexibility index (Phi) is 4.76. The van der Waals surface area contributed by atoms with Gasteiger partial charge in [0.05, 0.1) is 17.2 Å². The van der Waals surface area contributed by atoms with Gasteiger partial charge in [-0.15, -0.1) is 0 Å². The van der Waals surface area contributed by atoms with Gasteiger partial charge in [0, 0.05) is 11.1 Å². The van der Waals surface area contributed by atoms with E-state index < -0.39 is 0 Å². The Bertz CT molecular complexity index is 1110. The Morgan fingerprint density at radius 3 is 2.50 bits per heavy atom. The molecule has 4 N–H and O–H groups in total. The molecule has 0 saturated carbocycles. The summed E-state index contributed by atoms with van der Waals surface area (Å²) in [5.74, 6) is 1.15. The smallest absolute Gasteiger partial charge is 0.159 e. The summed E-state index contributed by atoms with van der Waals surface area (Å²) in [7, 11) is 0. The van der Waals surface area contributed by atoms with E-state index in [9.17, 15) is 0 Å². The monoisotopic (exact) mass is 370 g/mol. The Morgan fingerprint density at radius 2 is 1.68 bits per heavy atom. The lowest BCUT2D eigenvalue weighted by Crippen LogP contribution is -2.11. The van der Waals surface area contributed by atoms with Crippen LogP contribution in [0.4, 0.5) is 23.0 Å². The zero-order valence-electron chi connectivity index (χ0n) is 15.8. The summed E-state index contributed by atoms with van der Waals surface area (Å²) in [6, 6.07) is 20.3. The van der Waals surface area contributed by atoms with Gasteiger partial charge >= 0.3 is 0 Å². The highest BCUT2D eigenvalue weighted by atomic mass is 15.1.